The number of oxazole rings is 1. The van der Waals surface area contributed by atoms with E-state index in [1.165, 1.54) is 6.26 Å². The smallest absolute Gasteiger partial charge is 0.266 e. The van der Waals surface area contributed by atoms with E-state index in [0.717, 1.165) is 0 Å². The van der Waals surface area contributed by atoms with Gasteiger partial charge in [-0.15, -0.1) is 0 Å². The zero-order valence-electron chi connectivity index (χ0n) is 16.5. The summed E-state index contributed by atoms with van der Waals surface area (Å²) in [5.74, 6) is 1.73. The van der Waals surface area contributed by atoms with Crippen LogP contribution >= 0.6 is 0 Å². The Kier molecular flexibility index (Phi) is 4.84. The molecule has 0 radical (unpaired) electrons. The maximum atomic E-state index is 13.0. The van der Waals surface area contributed by atoms with Gasteiger partial charge in [-0.05, 0) is 19.1 Å². The molecule has 0 saturated carbocycles. The van der Waals surface area contributed by atoms with Gasteiger partial charge >= 0.3 is 0 Å². The van der Waals surface area contributed by atoms with Crippen LogP contribution in [0.3, 0.4) is 0 Å². The minimum atomic E-state index is -0.0820. The Balaban J connectivity index is 1.50. The number of carbonyl (C=O) groups excluding carboxylic acids is 1. The molecule has 0 atom stereocenters. The van der Waals surface area contributed by atoms with Crippen LogP contribution in [0.2, 0.25) is 0 Å². The third-order valence-corrected chi connectivity index (χ3v) is 4.93. The summed E-state index contributed by atoms with van der Waals surface area (Å²) >= 11 is 0. The lowest BCUT2D eigenvalue weighted by molar-refractivity contribution is 0.0742. The summed E-state index contributed by atoms with van der Waals surface area (Å²) in [5, 5.41) is 13.4. The van der Waals surface area contributed by atoms with Crippen molar-refractivity contribution in [3.8, 4) is 17.7 Å². The van der Waals surface area contributed by atoms with Crippen molar-refractivity contribution in [2.75, 3.05) is 31.1 Å². The summed E-state index contributed by atoms with van der Waals surface area (Å²) in [6.45, 7) is 7.74. The standard InChI is InChI=1S/C20H21N5O4/c1-12(2)17-16(13(3)23-29-17)19(26)24-6-8-25(9-7-24)20-14(11-21)22-18(28-20)15-5-4-10-27-15/h4-5,10,12H,6-9H2,1-3H3. The van der Waals surface area contributed by atoms with Gasteiger partial charge in [-0.25, -0.2) is 0 Å². The molecule has 3 aromatic heterocycles. The number of nitrogens with zero attached hydrogens (tertiary/aromatic N) is 5. The normalized spacial score (nSPS) is 14.4. The Bertz CT molecular complexity index is 1050. The van der Waals surface area contributed by atoms with Crippen LogP contribution in [0, 0.1) is 18.3 Å². The highest BCUT2D eigenvalue weighted by molar-refractivity contribution is 5.96. The number of nitriles is 1. The number of anilines is 1. The molecule has 1 fully saturated rings. The molecule has 0 unspecified atom stereocenters. The number of hydrogen-bond acceptors (Lipinski definition) is 8. The zero-order valence-corrected chi connectivity index (χ0v) is 16.5. The molecule has 0 aliphatic carbocycles. The molecular weight excluding hydrogens is 374 g/mol. The van der Waals surface area contributed by atoms with Gasteiger partial charge in [0.15, 0.2) is 11.5 Å². The number of aromatic nitrogens is 2. The van der Waals surface area contributed by atoms with Crippen molar-refractivity contribution < 1.29 is 18.2 Å². The number of furan rings is 1. The molecule has 150 valence electrons. The van der Waals surface area contributed by atoms with E-state index in [9.17, 15) is 10.1 Å². The molecule has 9 nitrogen and oxygen atoms in total. The molecule has 0 aromatic carbocycles. The van der Waals surface area contributed by atoms with Gasteiger partial charge in [0.2, 0.25) is 11.6 Å². The first kappa shape index (κ1) is 18.8. The highest BCUT2D eigenvalue weighted by atomic mass is 16.5. The fourth-order valence-electron chi connectivity index (χ4n) is 3.42. The minimum Gasteiger partial charge on any atom is -0.459 e. The number of hydrogen-bond donors (Lipinski definition) is 0. The van der Waals surface area contributed by atoms with E-state index >= 15 is 0 Å². The average Bonchev–Trinajstić information content (AvgIpc) is 3.46. The van der Waals surface area contributed by atoms with Gasteiger partial charge in [-0.2, -0.15) is 10.2 Å². The van der Waals surface area contributed by atoms with Crippen LogP contribution in [0.15, 0.2) is 31.8 Å². The van der Waals surface area contributed by atoms with Crippen LogP contribution in [-0.4, -0.2) is 47.1 Å². The molecular formula is C20H21N5O4. The number of carbonyl (C=O) groups is 1. The predicted octanol–water partition coefficient (Wildman–Crippen LogP) is 3.19. The van der Waals surface area contributed by atoms with Gasteiger partial charge in [0, 0.05) is 32.1 Å². The van der Waals surface area contributed by atoms with Crippen LogP contribution in [-0.2, 0) is 0 Å². The van der Waals surface area contributed by atoms with Gasteiger partial charge in [-0.3, -0.25) is 4.79 Å². The first-order chi connectivity index (χ1) is 14.0. The van der Waals surface area contributed by atoms with Crippen LogP contribution in [0.4, 0.5) is 5.88 Å². The average molecular weight is 395 g/mol. The number of piperazine rings is 1. The van der Waals surface area contributed by atoms with Crippen LogP contribution < -0.4 is 4.90 Å². The molecule has 0 spiro atoms. The third kappa shape index (κ3) is 3.38. The molecule has 4 rings (SSSR count). The van der Waals surface area contributed by atoms with Gasteiger partial charge in [0.25, 0.3) is 11.8 Å². The van der Waals surface area contributed by atoms with Crippen molar-refractivity contribution in [1.82, 2.24) is 15.0 Å². The van der Waals surface area contributed by atoms with Gasteiger partial charge in [0.05, 0.1) is 12.0 Å². The Labute approximate surface area is 167 Å². The molecule has 4 heterocycles. The summed E-state index contributed by atoms with van der Waals surface area (Å²) in [6, 6.07) is 5.52. The number of rotatable bonds is 4. The second-order valence-electron chi connectivity index (χ2n) is 7.20. The monoisotopic (exact) mass is 395 g/mol. The summed E-state index contributed by atoms with van der Waals surface area (Å²) in [5.41, 5.74) is 1.35. The topological polar surface area (TPSA) is 113 Å². The molecule has 0 bridgehead atoms. The molecule has 9 heteroatoms. The largest absolute Gasteiger partial charge is 0.459 e. The van der Waals surface area contributed by atoms with Gasteiger partial charge in [-0.1, -0.05) is 19.0 Å². The molecule has 1 saturated heterocycles. The van der Waals surface area contributed by atoms with Gasteiger partial charge < -0.3 is 23.2 Å². The van der Waals surface area contributed by atoms with Crippen molar-refractivity contribution in [3.63, 3.8) is 0 Å². The first-order valence-corrected chi connectivity index (χ1v) is 9.44. The second kappa shape index (κ2) is 7.47. The fraction of sp³-hybridized carbons (Fsp3) is 0.400. The molecule has 1 amide bonds. The van der Waals surface area contributed by atoms with Crippen molar-refractivity contribution in [2.45, 2.75) is 26.7 Å². The SMILES string of the molecule is Cc1noc(C(C)C)c1C(=O)N1CCN(c2oc(-c3ccco3)nc2C#N)CC1. The zero-order chi connectivity index (χ0) is 20.5. The van der Waals surface area contributed by atoms with Crippen LogP contribution in [0.5, 0.6) is 0 Å². The highest BCUT2D eigenvalue weighted by Crippen LogP contribution is 2.30. The molecule has 1 aliphatic rings. The van der Waals surface area contributed by atoms with Crippen molar-refractivity contribution in [2.24, 2.45) is 0 Å². The van der Waals surface area contributed by atoms with E-state index in [0.29, 0.717) is 54.8 Å². The lowest BCUT2D eigenvalue weighted by atomic mass is 10.0. The van der Waals surface area contributed by atoms with Crippen molar-refractivity contribution in [3.05, 3.63) is 41.1 Å². The van der Waals surface area contributed by atoms with Crippen molar-refractivity contribution in [1.29, 1.82) is 5.26 Å². The predicted molar refractivity (Wildman–Crippen MR) is 102 cm³/mol. The fourth-order valence-corrected chi connectivity index (χ4v) is 3.42. The van der Waals surface area contributed by atoms with E-state index < -0.39 is 0 Å². The van der Waals surface area contributed by atoms with E-state index in [1.54, 1.807) is 24.0 Å². The van der Waals surface area contributed by atoms with E-state index in [-0.39, 0.29) is 23.4 Å². The number of aryl methyl sites for hydroxylation is 1. The summed E-state index contributed by atoms with van der Waals surface area (Å²) in [6.07, 6.45) is 1.52. The Morgan fingerprint density at radius 2 is 2.03 bits per heavy atom. The Hall–Kier alpha value is -3.54. The van der Waals surface area contributed by atoms with Crippen LogP contribution in [0.25, 0.3) is 11.7 Å². The maximum Gasteiger partial charge on any atom is 0.266 e. The summed E-state index contributed by atoms with van der Waals surface area (Å²) in [7, 11) is 0. The Morgan fingerprint density at radius 1 is 1.28 bits per heavy atom. The summed E-state index contributed by atoms with van der Waals surface area (Å²) in [4.78, 5) is 21.0. The molecule has 3 aromatic rings. The van der Waals surface area contributed by atoms with Crippen molar-refractivity contribution >= 4 is 11.8 Å². The molecule has 0 N–H and O–H groups in total. The van der Waals surface area contributed by atoms with Crippen LogP contribution in [0.1, 0.15) is 47.3 Å². The van der Waals surface area contributed by atoms with E-state index in [1.807, 2.05) is 18.7 Å². The highest BCUT2D eigenvalue weighted by Gasteiger charge is 2.31. The summed E-state index contributed by atoms with van der Waals surface area (Å²) < 4.78 is 16.4. The van der Waals surface area contributed by atoms with E-state index in [4.69, 9.17) is 13.4 Å². The van der Waals surface area contributed by atoms with Gasteiger partial charge in [0.1, 0.15) is 11.6 Å². The Morgan fingerprint density at radius 3 is 2.66 bits per heavy atom. The lowest BCUT2D eigenvalue weighted by Gasteiger charge is -2.34. The molecule has 1 aliphatic heterocycles. The molecule has 29 heavy (non-hydrogen) atoms. The third-order valence-electron chi connectivity index (χ3n) is 4.93. The maximum absolute atomic E-state index is 13.0. The van der Waals surface area contributed by atoms with E-state index in [2.05, 4.69) is 16.2 Å². The number of amides is 1. The minimum absolute atomic E-state index is 0.0730. The lowest BCUT2D eigenvalue weighted by Crippen LogP contribution is -2.49. The first-order valence-electron chi connectivity index (χ1n) is 9.44. The quantitative estimate of drug-likeness (QED) is 0.662. The second-order valence-corrected chi connectivity index (χ2v) is 7.20.